The van der Waals surface area contributed by atoms with Crippen LogP contribution in [-0.2, 0) is 9.59 Å². The minimum absolute atomic E-state index is 0.112. The monoisotopic (exact) mass is 324 g/mol. The molecule has 1 aromatic rings. The number of piperidine rings is 1. The van der Waals surface area contributed by atoms with Crippen molar-refractivity contribution >= 4 is 29.1 Å². The number of hydrogen-bond donors (Lipinski definition) is 2. The molecule has 2 N–H and O–H groups in total. The standard InChI is InChI=1S/C15H20N2O4S/c1-10(16-14(20)12-3-2-8-22-12)15(21)17-6-4-11(5-7-17)9-13(18)19/h2-3,8,10-11H,4-7,9H2,1H3,(H,16,20)(H,18,19). The van der Waals surface area contributed by atoms with E-state index in [1.165, 1.54) is 11.3 Å². The second-order valence-electron chi connectivity index (χ2n) is 5.54. The van der Waals surface area contributed by atoms with Crippen molar-refractivity contribution in [3.8, 4) is 0 Å². The van der Waals surface area contributed by atoms with Gasteiger partial charge in [0, 0.05) is 19.5 Å². The van der Waals surface area contributed by atoms with Crippen molar-refractivity contribution in [1.82, 2.24) is 10.2 Å². The van der Waals surface area contributed by atoms with E-state index in [0.717, 1.165) is 0 Å². The Kier molecular flexibility index (Phi) is 5.54. The molecule has 1 fully saturated rings. The van der Waals surface area contributed by atoms with Crippen molar-refractivity contribution in [3.63, 3.8) is 0 Å². The van der Waals surface area contributed by atoms with E-state index in [1.807, 2.05) is 5.38 Å². The molecule has 2 amide bonds. The zero-order valence-corrected chi connectivity index (χ0v) is 13.3. The zero-order chi connectivity index (χ0) is 16.1. The van der Waals surface area contributed by atoms with Crippen molar-refractivity contribution < 1.29 is 19.5 Å². The number of hydrogen-bond acceptors (Lipinski definition) is 4. The lowest BCUT2D eigenvalue weighted by atomic mass is 9.93. The molecule has 0 saturated carbocycles. The predicted octanol–water partition coefficient (Wildman–Crippen LogP) is 1.58. The van der Waals surface area contributed by atoms with E-state index in [9.17, 15) is 14.4 Å². The molecule has 1 aliphatic rings. The van der Waals surface area contributed by atoms with Gasteiger partial charge in [0.25, 0.3) is 5.91 Å². The minimum atomic E-state index is -0.790. The number of nitrogens with zero attached hydrogens (tertiary/aromatic N) is 1. The molecule has 1 unspecified atom stereocenters. The smallest absolute Gasteiger partial charge is 0.303 e. The van der Waals surface area contributed by atoms with Crippen molar-refractivity contribution in [3.05, 3.63) is 22.4 Å². The van der Waals surface area contributed by atoms with E-state index in [-0.39, 0.29) is 24.2 Å². The van der Waals surface area contributed by atoms with Crippen LogP contribution in [0.15, 0.2) is 17.5 Å². The minimum Gasteiger partial charge on any atom is -0.481 e. The first-order valence-corrected chi connectivity index (χ1v) is 8.20. The number of carbonyl (C=O) groups excluding carboxylic acids is 2. The fraction of sp³-hybridized carbons (Fsp3) is 0.533. The second-order valence-corrected chi connectivity index (χ2v) is 6.49. The van der Waals surface area contributed by atoms with Gasteiger partial charge in [0.1, 0.15) is 6.04 Å². The molecule has 120 valence electrons. The van der Waals surface area contributed by atoms with Gasteiger partial charge in [0.15, 0.2) is 0 Å². The Morgan fingerprint density at radius 3 is 2.64 bits per heavy atom. The number of carbonyl (C=O) groups is 3. The van der Waals surface area contributed by atoms with E-state index in [1.54, 1.807) is 24.0 Å². The molecular formula is C15H20N2O4S. The van der Waals surface area contributed by atoms with Crippen LogP contribution in [0.1, 0.15) is 35.9 Å². The Morgan fingerprint density at radius 1 is 1.41 bits per heavy atom. The van der Waals surface area contributed by atoms with Crippen LogP contribution in [-0.4, -0.2) is 46.9 Å². The molecule has 22 heavy (non-hydrogen) atoms. The summed E-state index contributed by atoms with van der Waals surface area (Å²) in [5, 5.41) is 13.3. The summed E-state index contributed by atoms with van der Waals surface area (Å²) in [6, 6.07) is 2.93. The van der Waals surface area contributed by atoms with Crippen LogP contribution in [0.25, 0.3) is 0 Å². The van der Waals surface area contributed by atoms with E-state index in [4.69, 9.17) is 5.11 Å². The number of amides is 2. The topological polar surface area (TPSA) is 86.7 Å². The van der Waals surface area contributed by atoms with Gasteiger partial charge in [0.05, 0.1) is 4.88 Å². The Labute approximate surface area is 133 Å². The van der Waals surface area contributed by atoms with Crippen molar-refractivity contribution in [2.75, 3.05) is 13.1 Å². The van der Waals surface area contributed by atoms with E-state index in [0.29, 0.717) is 30.8 Å². The highest BCUT2D eigenvalue weighted by atomic mass is 32.1. The molecule has 0 spiro atoms. The molecule has 0 aromatic carbocycles. The molecule has 7 heteroatoms. The van der Waals surface area contributed by atoms with Crippen LogP contribution in [0.3, 0.4) is 0 Å². The molecule has 1 saturated heterocycles. The highest BCUT2D eigenvalue weighted by Crippen LogP contribution is 2.21. The molecule has 6 nitrogen and oxygen atoms in total. The molecule has 0 radical (unpaired) electrons. The van der Waals surface area contributed by atoms with Crippen LogP contribution < -0.4 is 5.32 Å². The number of aliphatic carboxylic acids is 1. The third-order valence-corrected chi connectivity index (χ3v) is 4.72. The van der Waals surface area contributed by atoms with Crippen molar-refractivity contribution in [2.24, 2.45) is 5.92 Å². The lowest BCUT2D eigenvalue weighted by molar-refractivity contribution is -0.139. The maximum absolute atomic E-state index is 12.3. The van der Waals surface area contributed by atoms with E-state index < -0.39 is 12.0 Å². The second kappa shape index (κ2) is 7.40. The molecule has 1 aliphatic heterocycles. The highest BCUT2D eigenvalue weighted by Gasteiger charge is 2.27. The van der Waals surface area contributed by atoms with E-state index in [2.05, 4.69) is 5.32 Å². The molecule has 1 aromatic heterocycles. The van der Waals surface area contributed by atoms with Crippen LogP contribution in [0.4, 0.5) is 0 Å². The van der Waals surface area contributed by atoms with Gasteiger partial charge in [-0.2, -0.15) is 0 Å². The SMILES string of the molecule is CC(NC(=O)c1cccs1)C(=O)N1CCC(CC(=O)O)CC1. The number of thiophene rings is 1. The van der Waals surface area contributed by atoms with Crippen molar-refractivity contribution in [2.45, 2.75) is 32.2 Å². The summed E-state index contributed by atoms with van der Waals surface area (Å²) >= 11 is 1.33. The lowest BCUT2D eigenvalue weighted by Crippen LogP contribution is -2.49. The van der Waals surface area contributed by atoms with Gasteiger partial charge in [-0.05, 0) is 37.1 Å². The lowest BCUT2D eigenvalue weighted by Gasteiger charge is -2.33. The first kappa shape index (κ1) is 16.5. The van der Waals surface area contributed by atoms with Crippen LogP contribution in [0.2, 0.25) is 0 Å². The largest absolute Gasteiger partial charge is 0.481 e. The molecule has 2 heterocycles. The van der Waals surface area contributed by atoms with Crippen LogP contribution in [0.5, 0.6) is 0 Å². The number of nitrogens with one attached hydrogen (secondary N) is 1. The molecule has 0 aliphatic carbocycles. The summed E-state index contributed by atoms with van der Waals surface area (Å²) in [6.45, 7) is 2.78. The van der Waals surface area contributed by atoms with Gasteiger partial charge >= 0.3 is 5.97 Å². The Morgan fingerprint density at radius 2 is 2.09 bits per heavy atom. The van der Waals surface area contributed by atoms with Crippen LogP contribution >= 0.6 is 11.3 Å². The summed E-state index contributed by atoms with van der Waals surface area (Å²) in [4.78, 5) is 37.3. The maximum atomic E-state index is 12.3. The molecule has 0 bridgehead atoms. The molecule has 2 rings (SSSR count). The Balaban J connectivity index is 1.82. The number of rotatable bonds is 5. The maximum Gasteiger partial charge on any atom is 0.303 e. The summed E-state index contributed by atoms with van der Waals surface area (Å²) in [5.74, 6) is -1.01. The number of likely N-dealkylation sites (tertiary alicyclic amines) is 1. The van der Waals surface area contributed by atoms with Crippen LogP contribution in [0, 0.1) is 5.92 Å². The summed E-state index contributed by atoms with van der Waals surface area (Å²) < 4.78 is 0. The Bertz CT molecular complexity index is 536. The normalized spacial score (nSPS) is 17.0. The van der Waals surface area contributed by atoms with Gasteiger partial charge in [-0.25, -0.2) is 0 Å². The van der Waals surface area contributed by atoms with Gasteiger partial charge in [-0.15, -0.1) is 11.3 Å². The van der Waals surface area contributed by atoms with E-state index >= 15 is 0 Å². The Hall–Kier alpha value is -1.89. The summed E-state index contributed by atoms with van der Waals surface area (Å²) in [5.41, 5.74) is 0. The third kappa shape index (κ3) is 4.30. The van der Waals surface area contributed by atoms with Gasteiger partial charge < -0.3 is 15.3 Å². The van der Waals surface area contributed by atoms with Gasteiger partial charge in [0.2, 0.25) is 5.91 Å². The predicted molar refractivity (Wildman–Crippen MR) is 82.8 cm³/mol. The fourth-order valence-electron chi connectivity index (χ4n) is 2.62. The fourth-order valence-corrected chi connectivity index (χ4v) is 3.24. The number of carboxylic acids is 1. The average molecular weight is 324 g/mol. The zero-order valence-electron chi connectivity index (χ0n) is 12.4. The first-order valence-electron chi connectivity index (χ1n) is 7.32. The van der Waals surface area contributed by atoms with Gasteiger partial charge in [-0.1, -0.05) is 6.07 Å². The first-order chi connectivity index (χ1) is 10.5. The summed E-state index contributed by atoms with van der Waals surface area (Å²) in [7, 11) is 0. The number of carboxylic acid groups (broad SMARTS) is 1. The molecule has 1 atom stereocenters. The van der Waals surface area contributed by atoms with Crippen molar-refractivity contribution in [1.29, 1.82) is 0 Å². The summed E-state index contributed by atoms with van der Waals surface area (Å²) in [6.07, 6.45) is 1.56. The van der Waals surface area contributed by atoms with Gasteiger partial charge in [-0.3, -0.25) is 14.4 Å². The molecular weight excluding hydrogens is 304 g/mol. The quantitative estimate of drug-likeness (QED) is 0.861. The average Bonchev–Trinajstić information content (AvgIpc) is 3.01. The highest BCUT2D eigenvalue weighted by molar-refractivity contribution is 7.12. The third-order valence-electron chi connectivity index (χ3n) is 3.85.